The van der Waals surface area contributed by atoms with E-state index in [9.17, 15) is 4.39 Å². The van der Waals surface area contributed by atoms with E-state index in [2.05, 4.69) is 32.6 Å². The Balaban J connectivity index is 1.55. The molecule has 0 spiro atoms. The number of hydrogen-bond acceptors (Lipinski definition) is 6. The van der Waals surface area contributed by atoms with E-state index in [0.717, 1.165) is 43.3 Å². The van der Waals surface area contributed by atoms with Gasteiger partial charge in [0.1, 0.15) is 11.6 Å². The summed E-state index contributed by atoms with van der Waals surface area (Å²) >= 11 is 0. The van der Waals surface area contributed by atoms with Gasteiger partial charge in [-0.05, 0) is 59.0 Å². The minimum absolute atomic E-state index is 0.0783. The van der Waals surface area contributed by atoms with Crippen molar-refractivity contribution in [1.82, 2.24) is 20.2 Å². The smallest absolute Gasteiger partial charge is 0.214 e. The average molecular weight is 428 g/mol. The van der Waals surface area contributed by atoms with Crippen LogP contribution in [0, 0.1) is 5.82 Å². The molecular formula is C22H28FN6O2+. The SMILES string of the molecule is COCCn1nnnc1[C@H](c1ccc(F)cc1)[NH+]1CCN(c2ccc(OC)cc2)CC1. The summed E-state index contributed by atoms with van der Waals surface area (Å²) in [5.41, 5.74) is 2.19. The van der Waals surface area contributed by atoms with Crippen molar-refractivity contribution < 1.29 is 18.8 Å². The van der Waals surface area contributed by atoms with Crippen molar-refractivity contribution >= 4 is 5.69 Å². The number of anilines is 1. The summed E-state index contributed by atoms with van der Waals surface area (Å²) in [5, 5.41) is 12.4. The molecule has 1 atom stereocenters. The second-order valence-corrected chi connectivity index (χ2v) is 7.58. The lowest BCUT2D eigenvalue weighted by molar-refractivity contribution is -0.927. The lowest BCUT2D eigenvalue weighted by Crippen LogP contribution is -3.15. The van der Waals surface area contributed by atoms with Crippen molar-refractivity contribution in [3.8, 4) is 5.75 Å². The summed E-state index contributed by atoms with van der Waals surface area (Å²) in [5.74, 6) is 1.38. The first-order valence-corrected chi connectivity index (χ1v) is 10.4. The predicted octanol–water partition coefficient (Wildman–Crippen LogP) is 0.962. The van der Waals surface area contributed by atoms with Crippen LogP contribution in [0.3, 0.4) is 0 Å². The van der Waals surface area contributed by atoms with Gasteiger partial charge in [-0.2, -0.15) is 0 Å². The van der Waals surface area contributed by atoms with Crippen LogP contribution in [-0.2, 0) is 11.3 Å². The second-order valence-electron chi connectivity index (χ2n) is 7.58. The zero-order valence-corrected chi connectivity index (χ0v) is 17.9. The molecule has 164 valence electrons. The van der Waals surface area contributed by atoms with E-state index < -0.39 is 0 Å². The monoisotopic (exact) mass is 427 g/mol. The van der Waals surface area contributed by atoms with Gasteiger partial charge < -0.3 is 19.3 Å². The first-order chi connectivity index (χ1) is 15.2. The maximum Gasteiger partial charge on any atom is 0.214 e. The minimum Gasteiger partial charge on any atom is -0.497 e. The fourth-order valence-electron chi connectivity index (χ4n) is 4.11. The molecule has 0 bridgehead atoms. The van der Waals surface area contributed by atoms with Crippen molar-refractivity contribution in [2.45, 2.75) is 12.6 Å². The van der Waals surface area contributed by atoms with Gasteiger partial charge in [-0.25, -0.2) is 9.07 Å². The number of hydrogen-bond donors (Lipinski definition) is 1. The summed E-state index contributed by atoms with van der Waals surface area (Å²) in [6.07, 6.45) is 0. The summed E-state index contributed by atoms with van der Waals surface area (Å²) in [7, 11) is 3.33. The number of tetrazole rings is 1. The summed E-state index contributed by atoms with van der Waals surface area (Å²) in [4.78, 5) is 3.73. The van der Waals surface area contributed by atoms with Gasteiger partial charge in [0.2, 0.25) is 5.82 Å². The Bertz CT molecular complexity index is 955. The number of aromatic nitrogens is 4. The van der Waals surface area contributed by atoms with Crippen LogP contribution in [0.15, 0.2) is 48.5 Å². The molecule has 1 N–H and O–H groups in total. The molecule has 0 radical (unpaired) electrons. The standard InChI is InChI=1S/C22H27FN6O2/c1-30-16-15-29-22(24-25-26-29)21(17-3-5-18(23)6-4-17)28-13-11-27(12-14-28)19-7-9-20(31-2)10-8-19/h3-10,21H,11-16H2,1-2H3/p+1/t21-/m0/s1. The molecule has 9 heteroatoms. The Hall–Kier alpha value is -3.04. The Morgan fingerprint density at radius 3 is 2.39 bits per heavy atom. The highest BCUT2D eigenvalue weighted by Gasteiger charge is 2.34. The zero-order chi connectivity index (χ0) is 21.6. The lowest BCUT2D eigenvalue weighted by atomic mass is 10.0. The van der Waals surface area contributed by atoms with Gasteiger partial charge in [-0.15, -0.1) is 5.10 Å². The number of halogens is 1. The molecule has 8 nitrogen and oxygen atoms in total. The Kier molecular flexibility index (Phi) is 6.73. The van der Waals surface area contributed by atoms with Crippen LogP contribution >= 0.6 is 0 Å². The number of rotatable bonds is 8. The topological polar surface area (TPSA) is 69.7 Å². The van der Waals surface area contributed by atoms with Crippen LogP contribution in [0.5, 0.6) is 5.75 Å². The number of methoxy groups -OCH3 is 2. The van der Waals surface area contributed by atoms with Crippen LogP contribution in [0.1, 0.15) is 17.4 Å². The first kappa shape index (κ1) is 21.2. The highest BCUT2D eigenvalue weighted by molar-refractivity contribution is 5.49. The fourth-order valence-corrected chi connectivity index (χ4v) is 4.11. The predicted molar refractivity (Wildman–Crippen MR) is 114 cm³/mol. The maximum absolute atomic E-state index is 13.6. The molecule has 31 heavy (non-hydrogen) atoms. The molecule has 0 amide bonds. The zero-order valence-electron chi connectivity index (χ0n) is 17.9. The van der Waals surface area contributed by atoms with E-state index in [1.807, 2.05) is 24.3 Å². The third-order valence-corrected chi connectivity index (χ3v) is 5.78. The normalized spacial score (nSPS) is 15.8. The number of benzene rings is 2. The molecule has 1 saturated heterocycles. The third-order valence-electron chi connectivity index (χ3n) is 5.78. The lowest BCUT2D eigenvalue weighted by Gasteiger charge is -2.37. The molecule has 4 rings (SSSR count). The van der Waals surface area contributed by atoms with Crippen LogP contribution < -0.4 is 14.5 Å². The quantitative estimate of drug-likeness (QED) is 0.578. The van der Waals surface area contributed by atoms with Crippen molar-refractivity contribution in [2.75, 3.05) is 51.9 Å². The summed E-state index contributed by atoms with van der Waals surface area (Å²) < 4.78 is 25.9. The van der Waals surface area contributed by atoms with Gasteiger partial charge in [0.05, 0.1) is 46.4 Å². The molecule has 1 aromatic heterocycles. The van der Waals surface area contributed by atoms with Crippen LogP contribution in [0.4, 0.5) is 10.1 Å². The molecule has 0 saturated carbocycles. The summed E-state index contributed by atoms with van der Waals surface area (Å²) in [6.45, 7) is 4.71. The number of quaternary nitrogens is 1. The minimum atomic E-state index is -0.249. The van der Waals surface area contributed by atoms with Crippen LogP contribution in [0.2, 0.25) is 0 Å². The van der Waals surface area contributed by atoms with Crippen molar-refractivity contribution in [3.63, 3.8) is 0 Å². The second kappa shape index (κ2) is 9.84. The Labute approximate surface area is 181 Å². The first-order valence-electron chi connectivity index (χ1n) is 10.4. The van der Waals surface area contributed by atoms with Crippen LogP contribution in [-0.4, -0.2) is 67.2 Å². The largest absolute Gasteiger partial charge is 0.497 e. The average Bonchev–Trinajstić information content (AvgIpc) is 3.27. The van der Waals surface area contributed by atoms with Crippen molar-refractivity contribution in [3.05, 3.63) is 65.7 Å². The number of ether oxygens (including phenoxy) is 2. The van der Waals surface area contributed by atoms with Gasteiger partial charge in [0.15, 0.2) is 6.04 Å². The van der Waals surface area contributed by atoms with Gasteiger partial charge in [0.25, 0.3) is 0 Å². The van der Waals surface area contributed by atoms with E-state index in [4.69, 9.17) is 9.47 Å². The fraction of sp³-hybridized carbons (Fsp3) is 0.409. The van der Waals surface area contributed by atoms with E-state index >= 15 is 0 Å². The molecule has 0 aliphatic carbocycles. The van der Waals surface area contributed by atoms with Crippen LogP contribution in [0.25, 0.3) is 0 Å². The molecular weight excluding hydrogens is 399 g/mol. The summed E-state index contributed by atoms with van der Waals surface area (Å²) in [6, 6.07) is 14.7. The van der Waals surface area contributed by atoms with Gasteiger partial charge in [0, 0.05) is 18.4 Å². The van der Waals surface area contributed by atoms with Gasteiger partial charge in [-0.3, -0.25) is 0 Å². The van der Waals surface area contributed by atoms with E-state index in [1.165, 1.54) is 22.7 Å². The van der Waals surface area contributed by atoms with Crippen molar-refractivity contribution in [1.29, 1.82) is 0 Å². The van der Waals surface area contributed by atoms with E-state index in [-0.39, 0.29) is 11.9 Å². The Morgan fingerprint density at radius 1 is 1.03 bits per heavy atom. The number of nitrogens with zero attached hydrogens (tertiary/aromatic N) is 5. The molecule has 2 heterocycles. The highest BCUT2D eigenvalue weighted by Crippen LogP contribution is 2.21. The Morgan fingerprint density at radius 2 is 1.74 bits per heavy atom. The van der Waals surface area contributed by atoms with E-state index in [0.29, 0.717) is 13.2 Å². The maximum atomic E-state index is 13.6. The molecule has 1 aliphatic heterocycles. The van der Waals surface area contributed by atoms with Gasteiger partial charge >= 0.3 is 0 Å². The molecule has 0 unspecified atom stereocenters. The van der Waals surface area contributed by atoms with Gasteiger partial charge in [-0.1, -0.05) is 0 Å². The molecule has 1 aliphatic rings. The molecule has 2 aromatic carbocycles. The van der Waals surface area contributed by atoms with E-state index in [1.54, 1.807) is 18.9 Å². The third kappa shape index (κ3) is 4.83. The highest BCUT2D eigenvalue weighted by atomic mass is 19.1. The molecule has 1 fully saturated rings. The number of piperazine rings is 1. The van der Waals surface area contributed by atoms with Crippen molar-refractivity contribution in [2.24, 2.45) is 0 Å². The molecule has 3 aromatic rings. The number of nitrogens with one attached hydrogen (secondary N) is 1.